The van der Waals surface area contributed by atoms with Crippen LogP contribution in [-0.2, 0) is 11.0 Å². The lowest BCUT2D eigenvalue weighted by Gasteiger charge is -2.19. The molecule has 1 aromatic rings. The number of urea groups is 1. The van der Waals surface area contributed by atoms with E-state index in [-0.39, 0.29) is 12.2 Å². The summed E-state index contributed by atoms with van der Waals surface area (Å²) in [5.74, 6) is -1.08. The van der Waals surface area contributed by atoms with E-state index in [9.17, 15) is 22.8 Å². The second-order valence-corrected chi connectivity index (χ2v) is 4.93. The topological polar surface area (TPSA) is 91.3 Å². The first-order chi connectivity index (χ1) is 9.52. The molecule has 0 unspecified atom stereocenters. The van der Waals surface area contributed by atoms with Crippen molar-refractivity contribution in [1.29, 1.82) is 0 Å². The maximum Gasteiger partial charge on any atom is 0.433 e. The minimum atomic E-state index is -4.55. The van der Waals surface area contributed by atoms with Gasteiger partial charge in [-0.3, -0.25) is 4.79 Å². The van der Waals surface area contributed by atoms with Gasteiger partial charge in [-0.25, -0.2) is 9.78 Å². The number of aliphatic carboxylic acids is 1. The Balaban J connectivity index is 2.58. The molecular formula is C12H14F3N3O3. The van der Waals surface area contributed by atoms with E-state index in [1.807, 2.05) is 0 Å². The molecule has 0 spiro atoms. The quantitative estimate of drug-likeness (QED) is 0.796. The van der Waals surface area contributed by atoms with Crippen molar-refractivity contribution >= 4 is 17.7 Å². The van der Waals surface area contributed by atoms with Crippen LogP contribution in [0.15, 0.2) is 18.3 Å². The van der Waals surface area contributed by atoms with Crippen LogP contribution in [0.5, 0.6) is 0 Å². The van der Waals surface area contributed by atoms with E-state index in [1.165, 1.54) is 13.8 Å². The molecule has 0 aliphatic heterocycles. The lowest BCUT2D eigenvalue weighted by Crippen LogP contribution is -2.40. The summed E-state index contributed by atoms with van der Waals surface area (Å²) >= 11 is 0. The zero-order valence-corrected chi connectivity index (χ0v) is 11.3. The Morgan fingerprint density at radius 2 is 1.90 bits per heavy atom. The molecule has 6 nitrogen and oxygen atoms in total. The summed E-state index contributed by atoms with van der Waals surface area (Å²) in [5, 5.41) is 13.4. The predicted octanol–water partition coefficient (Wildman–Crippen LogP) is 2.33. The molecule has 0 aliphatic carbocycles. The number of hydrogen-bond donors (Lipinski definition) is 3. The summed E-state index contributed by atoms with van der Waals surface area (Å²) in [6.07, 6.45) is -3.68. The third-order valence-electron chi connectivity index (χ3n) is 2.58. The fourth-order valence-electron chi connectivity index (χ4n) is 1.19. The van der Waals surface area contributed by atoms with Crippen molar-refractivity contribution in [3.8, 4) is 0 Å². The van der Waals surface area contributed by atoms with Crippen molar-refractivity contribution < 1.29 is 27.9 Å². The van der Waals surface area contributed by atoms with Crippen molar-refractivity contribution in [3.05, 3.63) is 24.0 Å². The van der Waals surface area contributed by atoms with E-state index in [0.717, 1.165) is 18.3 Å². The van der Waals surface area contributed by atoms with E-state index in [1.54, 1.807) is 0 Å². The number of carboxylic acids is 1. The third-order valence-corrected chi connectivity index (χ3v) is 2.58. The Labute approximate surface area is 118 Å². The van der Waals surface area contributed by atoms with Crippen LogP contribution in [0.2, 0.25) is 0 Å². The lowest BCUT2D eigenvalue weighted by molar-refractivity contribution is -0.146. The highest BCUT2D eigenvalue weighted by Gasteiger charge is 2.32. The van der Waals surface area contributed by atoms with Crippen molar-refractivity contribution in [2.45, 2.75) is 20.0 Å². The molecular weight excluding hydrogens is 291 g/mol. The fourth-order valence-corrected chi connectivity index (χ4v) is 1.19. The highest BCUT2D eigenvalue weighted by atomic mass is 19.4. The number of carbonyl (C=O) groups is 2. The van der Waals surface area contributed by atoms with E-state index in [0.29, 0.717) is 0 Å². The normalized spacial score (nSPS) is 11.9. The smallest absolute Gasteiger partial charge is 0.433 e. The van der Waals surface area contributed by atoms with Crippen LogP contribution in [0.3, 0.4) is 0 Å². The minimum Gasteiger partial charge on any atom is -0.481 e. The number of carbonyl (C=O) groups excluding carboxylic acids is 1. The molecule has 1 heterocycles. The van der Waals surface area contributed by atoms with Crippen LogP contribution < -0.4 is 10.6 Å². The standard InChI is InChI=1S/C12H14F3N3O3/c1-11(2,9(19)20)6-17-10(21)18-7-3-4-8(16-5-7)12(13,14)15/h3-5H,6H2,1-2H3,(H,19,20)(H2,17,18,21). The van der Waals surface area contributed by atoms with Crippen LogP contribution >= 0.6 is 0 Å². The van der Waals surface area contributed by atoms with Crippen molar-refractivity contribution in [2.24, 2.45) is 5.41 Å². The first-order valence-corrected chi connectivity index (χ1v) is 5.84. The summed E-state index contributed by atoms with van der Waals surface area (Å²) in [6, 6.07) is 1.06. The first kappa shape index (κ1) is 16.7. The molecule has 0 aliphatic rings. The summed E-state index contributed by atoms with van der Waals surface area (Å²) in [4.78, 5) is 25.5. The highest BCUT2D eigenvalue weighted by Crippen LogP contribution is 2.27. The number of alkyl halides is 3. The average molecular weight is 305 g/mol. The molecule has 0 radical (unpaired) electrons. The summed E-state index contributed by atoms with van der Waals surface area (Å²) in [7, 11) is 0. The minimum absolute atomic E-state index is 0.0635. The van der Waals surface area contributed by atoms with Gasteiger partial charge in [0.05, 0.1) is 17.3 Å². The molecule has 1 aromatic heterocycles. The fraction of sp³-hybridized carbons (Fsp3) is 0.417. The monoisotopic (exact) mass is 305 g/mol. The third kappa shape index (κ3) is 4.93. The number of nitrogens with one attached hydrogen (secondary N) is 2. The van der Waals surface area contributed by atoms with Gasteiger partial charge in [0.1, 0.15) is 5.69 Å². The van der Waals surface area contributed by atoms with Gasteiger partial charge in [-0.05, 0) is 26.0 Å². The summed E-state index contributed by atoms with van der Waals surface area (Å²) < 4.78 is 36.9. The Kier molecular flexibility index (Phi) is 4.77. The predicted molar refractivity (Wildman–Crippen MR) is 67.7 cm³/mol. The SMILES string of the molecule is CC(C)(CNC(=O)Nc1ccc(C(F)(F)F)nc1)C(=O)O. The molecule has 3 N–H and O–H groups in total. The lowest BCUT2D eigenvalue weighted by atomic mass is 9.94. The maximum atomic E-state index is 12.3. The van der Waals surface area contributed by atoms with Crippen LogP contribution in [0.1, 0.15) is 19.5 Å². The Bertz CT molecular complexity index is 527. The molecule has 0 saturated carbocycles. The zero-order chi connectivity index (χ0) is 16.3. The number of nitrogens with zero attached hydrogens (tertiary/aromatic N) is 1. The number of carboxylic acid groups (broad SMARTS) is 1. The van der Waals surface area contributed by atoms with Gasteiger partial charge in [-0.15, -0.1) is 0 Å². The van der Waals surface area contributed by atoms with E-state index in [2.05, 4.69) is 15.6 Å². The second-order valence-electron chi connectivity index (χ2n) is 4.93. The van der Waals surface area contributed by atoms with E-state index >= 15 is 0 Å². The molecule has 2 amide bonds. The largest absolute Gasteiger partial charge is 0.481 e. The molecule has 116 valence electrons. The van der Waals surface area contributed by atoms with E-state index < -0.39 is 29.3 Å². The van der Waals surface area contributed by atoms with Crippen LogP contribution in [0.4, 0.5) is 23.7 Å². The van der Waals surface area contributed by atoms with Crippen LogP contribution in [-0.4, -0.2) is 28.6 Å². The van der Waals surface area contributed by atoms with Gasteiger partial charge in [0.25, 0.3) is 0 Å². The zero-order valence-electron chi connectivity index (χ0n) is 11.3. The van der Waals surface area contributed by atoms with E-state index in [4.69, 9.17) is 5.11 Å². The second kappa shape index (κ2) is 5.98. The van der Waals surface area contributed by atoms with Gasteiger partial charge in [0.2, 0.25) is 0 Å². The Hall–Kier alpha value is -2.32. The number of anilines is 1. The van der Waals surface area contributed by atoms with Crippen LogP contribution in [0.25, 0.3) is 0 Å². The van der Waals surface area contributed by atoms with Gasteiger partial charge >= 0.3 is 18.2 Å². The summed E-state index contributed by atoms with van der Waals surface area (Å²) in [6.45, 7) is 2.72. The number of rotatable bonds is 4. The van der Waals surface area contributed by atoms with Gasteiger partial charge < -0.3 is 15.7 Å². The number of aromatic nitrogens is 1. The van der Waals surface area contributed by atoms with Gasteiger partial charge in [0, 0.05) is 6.54 Å². The molecule has 0 bridgehead atoms. The van der Waals surface area contributed by atoms with Gasteiger partial charge in [0.15, 0.2) is 0 Å². The molecule has 1 rings (SSSR count). The van der Waals surface area contributed by atoms with Crippen molar-refractivity contribution in [3.63, 3.8) is 0 Å². The van der Waals surface area contributed by atoms with Crippen molar-refractivity contribution in [1.82, 2.24) is 10.3 Å². The highest BCUT2D eigenvalue weighted by molar-refractivity contribution is 5.89. The molecule has 0 atom stereocenters. The molecule has 0 fully saturated rings. The Morgan fingerprint density at radius 3 is 2.33 bits per heavy atom. The number of halogens is 3. The summed E-state index contributed by atoms with van der Waals surface area (Å²) in [5.41, 5.74) is -2.16. The van der Waals surface area contributed by atoms with Gasteiger partial charge in [-0.2, -0.15) is 13.2 Å². The maximum absolute atomic E-state index is 12.3. The number of hydrogen-bond acceptors (Lipinski definition) is 3. The number of pyridine rings is 1. The molecule has 0 aromatic carbocycles. The first-order valence-electron chi connectivity index (χ1n) is 5.84. The average Bonchev–Trinajstić information content (AvgIpc) is 2.36. The Morgan fingerprint density at radius 1 is 1.29 bits per heavy atom. The van der Waals surface area contributed by atoms with Crippen LogP contribution in [0, 0.1) is 5.41 Å². The number of amides is 2. The molecule has 9 heteroatoms. The molecule has 21 heavy (non-hydrogen) atoms. The van der Waals surface area contributed by atoms with Gasteiger partial charge in [-0.1, -0.05) is 0 Å². The van der Waals surface area contributed by atoms with Crippen molar-refractivity contribution in [2.75, 3.05) is 11.9 Å². The molecule has 0 saturated heterocycles.